The quantitative estimate of drug-likeness (QED) is 0.772. The van der Waals surface area contributed by atoms with Crippen LogP contribution in [-0.4, -0.2) is 13.0 Å². The third-order valence-electron chi connectivity index (χ3n) is 1.66. The molecule has 4 nitrogen and oxygen atoms in total. The molecule has 0 aliphatic carbocycles. The summed E-state index contributed by atoms with van der Waals surface area (Å²) in [6.45, 7) is 0. The second-order valence-electron chi connectivity index (χ2n) is 2.83. The molecule has 0 aliphatic rings. The van der Waals surface area contributed by atoms with Gasteiger partial charge in [-0.25, -0.2) is 0 Å². The molecule has 1 aromatic rings. The monoisotopic (exact) mass is 251 g/mol. The zero-order valence-corrected chi connectivity index (χ0v) is 8.30. The molecule has 0 aromatic heterocycles. The Morgan fingerprint density at radius 1 is 1.25 bits per heavy atom. The van der Waals surface area contributed by atoms with E-state index in [1.165, 1.54) is 6.07 Å². The van der Waals surface area contributed by atoms with Crippen LogP contribution in [0.3, 0.4) is 0 Å². The molecule has 0 spiro atoms. The van der Waals surface area contributed by atoms with Gasteiger partial charge >= 0.3 is 6.18 Å². The normalized spacial score (nSPS) is 12.2. The molecule has 1 rings (SSSR count). The standard InChI is InChI=1S/C8H4F3NO3S/c9-8(10,11)6-1-5(4-12)2-7(3-6)16(13,14)15/h1-3H,(H,13,14,15). The number of hydrogen-bond donors (Lipinski definition) is 1. The van der Waals surface area contributed by atoms with Crippen molar-refractivity contribution >= 4 is 10.1 Å². The smallest absolute Gasteiger partial charge is 0.282 e. The summed E-state index contributed by atoms with van der Waals surface area (Å²) in [5.74, 6) is 0. The molecule has 0 unspecified atom stereocenters. The van der Waals surface area contributed by atoms with Crippen molar-refractivity contribution in [3.63, 3.8) is 0 Å². The summed E-state index contributed by atoms with van der Waals surface area (Å²) in [5.41, 5.74) is -1.80. The lowest BCUT2D eigenvalue weighted by Crippen LogP contribution is -2.08. The van der Waals surface area contributed by atoms with Crippen molar-refractivity contribution in [3.8, 4) is 6.07 Å². The Balaban J connectivity index is 3.53. The van der Waals surface area contributed by atoms with Crippen LogP contribution in [-0.2, 0) is 16.3 Å². The first-order valence-electron chi connectivity index (χ1n) is 3.74. The van der Waals surface area contributed by atoms with Gasteiger partial charge in [0.25, 0.3) is 10.1 Å². The van der Waals surface area contributed by atoms with Crippen LogP contribution in [0.4, 0.5) is 13.2 Å². The second-order valence-corrected chi connectivity index (χ2v) is 4.25. The Morgan fingerprint density at radius 2 is 1.81 bits per heavy atom. The van der Waals surface area contributed by atoms with Crippen LogP contribution in [0.5, 0.6) is 0 Å². The average molecular weight is 251 g/mol. The molecule has 0 aliphatic heterocycles. The third-order valence-corrected chi connectivity index (χ3v) is 2.49. The first-order valence-corrected chi connectivity index (χ1v) is 5.18. The van der Waals surface area contributed by atoms with Gasteiger partial charge in [0.2, 0.25) is 0 Å². The van der Waals surface area contributed by atoms with Crippen molar-refractivity contribution in [2.45, 2.75) is 11.1 Å². The molecule has 0 fully saturated rings. The summed E-state index contributed by atoms with van der Waals surface area (Å²) in [6.07, 6.45) is -4.79. The average Bonchev–Trinajstić information content (AvgIpc) is 2.14. The summed E-state index contributed by atoms with van der Waals surface area (Å²) in [6, 6.07) is 2.79. The Kier molecular flexibility index (Phi) is 2.94. The van der Waals surface area contributed by atoms with Crippen LogP contribution < -0.4 is 0 Å². The highest BCUT2D eigenvalue weighted by molar-refractivity contribution is 7.85. The predicted molar refractivity (Wildman–Crippen MR) is 46.0 cm³/mol. The van der Waals surface area contributed by atoms with Crippen LogP contribution in [0.25, 0.3) is 0 Å². The summed E-state index contributed by atoms with van der Waals surface area (Å²) in [4.78, 5) is -0.959. The van der Waals surface area contributed by atoms with Crippen molar-refractivity contribution in [3.05, 3.63) is 29.3 Å². The van der Waals surface area contributed by atoms with Crippen molar-refractivity contribution in [2.75, 3.05) is 0 Å². The Hall–Kier alpha value is -1.59. The van der Waals surface area contributed by atoms with E-state index in [1.54, 1.807) is 0 Å². The fourth-order valence-corrected chi connectivity index (χ4v) is 1.53. The Morgan fingerprint density at radius 3 is 2.19 bits per heavy atom. The van der Waals surface area contributed by atoms with Crippen LogP contribution in [0.1, 0.15) is 11.1 Å². The molecule has 0 radical (unpaired) electrons. The fourth-order valence-electron chi connectivity index (χ4n) is 0.976. The maximum atomic E-state index is 12.3. The lowest BCUT2D eigenvalue weighted by molar-refractivity contribution is -0.137. The molecular formula is C8H4F3NO3S. The van der Waals surface area contributed by atoms with E-state index in [2.05, 4.69) is 0 Å². The molecule has 1 N–H and O–H groups in total. The number of hydrogen-bond acceptors (Lipinski definition) is 3. The molecule has 8 heteroatoms. The largest absolute Gasteiger partial charge is 0.416 e. The molecule has 1 aromatic carbocycles. The Bertz CT molecular complexity index is 557. The number of benzene rings is 1. The van der Waals surface area contributed by atoms with Crippen molar-refractivity contribution in [1.82, 2.24) is 0 Å². The lowest BCUT2D eigenvalue weighted by atomic mass is 10.1. The van der Waals surface area contributed by atoms with E-state index in [0.717, 1.165) is 0 Å². The zero-order valence-electron chi connectivity index (χ0n) is 7.49. The predicted octanol–water partition coefficient (Wildman–Crippen LogP) is 1.82. The zero-order chi connectivity index (χ0) is 12.6. The number of nitrogens with zero attached hydrogens (tertiary/aromatic N) is 1. The first kappa shape index (κ1) is 12.5. The SMILES string of the molecule is N#Cc1cc(C(F)(F)F)cc(S(=O)(=O)O)c1. The van der Waals surface area contributed by atoms with Gasteiger partial charge in [-0.1, -0.05) is 0 Å². The maximum absolute atomic E-state index is 12.3. The van der Waals surface area contributed by atoms with Gasteiger partial charge in [0.15, 0.2) is 0 Å². The molecular weight excluding hydrogens is 247 g/mol. The highest BCUT2D eigenvalue weighted by Crippen LogP contribution is 2.31. The third kappa shape index (κ3) is 2.71. The van der Waals surface area contributed by atoms with Gasteiger partial charge in [0, 0.05) is 0 Å². The maximum Gasteiger partial charge on any atom is 0.416 e. The fraction of sp³-hybridized carbons (Fsp3) is 0.125. The van der Waals surface area contributed by atoms with E-state index in [1.807, 2.05) is 0 Å². The second kappa shape index (κ2) is 3.77. The minimum Gasteiger partial charge on any atom is -0.282 e. The molecule has 0 atom stereocenters. The minimum atomic E-state index is -4.79. The Labute approximate surface area is 88.7 Å². The van der Waals surface area contributed by atoms with Gasteiger partial charge in [-0.05, 0) is 18.2 Å². The lowest BCUT2D eigenvalue weighted by Gasteiger charge is -2.08. The molecule has 0 amide bonds. The van der Waals surface area contributed by atoms with Gasteiger partial charge in [-0.2, -0.15) is 26.9 Å². The number of alkyl halides is 3. The van der Waals surface area contributed by atoms with Gasteiger partial charge in [0.05, 0.1) is 22.1 Å². The van der Waals surface area contributed by atoms with E-state index >= 15 is 0 Å². The topological polar surface area (TPSA) is 78.2 Å². The van der Waals surface area contributed by atoms with Gasteiger partial charge < -0.3 is 0 Å². The minimum absolute atomic E-state index is 0.260. The van der Waals surface area contributed by atoms with Crippen LogP contribution in [0, 0.1) is 11.3 Å². The molecule has 0 saturated heterocycles. The first-order chi connectivity index (χ1) is 7.14. The molecule has 0 heterocycles. The van der Waals surface area contributed by atoms with Crippen molar-refractivity contribution in [1.29, 1.82) is 5.26 Å². The highest BCUT2D eigenvalue weighted by Gasteiger charge is 2.32. The number of rotatable bonds is 1. The summed E-state index contributed by atoms with van der Waals surface area (Å²) < 4.78 is 66.8. The molecule has 0 saturated carbocycles. The molecule has 86 valence electrons. The highest BCUT2D eigenvalue weighted by atomic mass is 32.2. The van der Waals surface area contributed by atoms with Gasteiger partial charge in [0.1, 0.15) is 0 Å². The van der Waals surface area contributed by atoms with E-state index in [4.69, 9.17) is 9.81 Å². The van der Waals surface area contributed by atoms with E-state index in [9.17, 15) is 21.6 Å². The summed E-state index contributed by atoms with van der Waals surface area (Å²) >= 11 is 0. The van der Waals surface area contributed by atoms with Crippen LogP contribution in [0.2, 0.25) is 0 Å². The number of nitriles is 1. The van der Waals surface area contributed by atoms with E-state index in [-0.39, 0.29) is 6.07 Å². The van der Waals surface area contributed by atoms with E-state index in [0.29, 0.717) is 12.1 Å². The van der Waals surface area contributed by atoms with Gasteiger partial charge in [-0.15, -0.1) is 0 Å². The summed E-state index contributed by atoms with van der Waals surface area (Å²) in [7, 11) is -4.77. The number of halogens is 3. The molecule has 16 heavy (non-hydrogen) atoms. The van der Waals surface area contributed by atoms with Crippen molar-refractivity contribution in [2.24, 2.45) is 0 Å². The molecule has 0 bridgehead atoms. The van der Waals surface area contributed by atoms with Crippen LogP contribution >= 0.6 is 0 Å². The summed E-state index contributed by atoms with van der Waals surface area (Å²) in [5, 5.41) is 8.42. The van der Waals surface area contributed by atoms with E-state index < -0.39 is 32.3 Å². The van der Waals surface area contributed by atoms with Gasteiger partial charge in [-0.3, -0.25) is 4.55 Å². The van der Waals surface area contributed by atoms with Crippen LogP contribution in [0.15, 0.2) is 23.1 Å². The van der Waals surface area contributed by atoms with Crippen molar-refractivity contribution < 1.29 is 26.1 Å².